The minimum atomic E-state index is -0.342. The van der Waals surface area contributed by atoms with E-state index in [2.05, 4.69) is 10.4 Å². The van der Waals surface area contributed by atoms with Gasteiger partial charge in [-0.1, -0.05) is 25.4 Å². The topological polar surface area (TPSA) is 88.6 Å². The minimum absolute atomic E-state index is 0.0257. The first kappa shape index (κ1) is 17.5. The Bertz CT molecular complexity index is 1060. The Morgan fingerprint density at radius 1 is 1.42 bits per heavy atom. The Morgan fingerprint density at radius 3 is 2.81 bits per heavy atom. The van der Waals surface area contributed by atoms with Gasteiger partial charge in [0.15, 0.2) is 0 Å². The molecule has 0 radical (unpaired) electrons. The second-order valence-corrected chi connectivity index (χ2v) is 8.75. The predicted molar refractivity (Wildman–Crippen MR) is 101 cm³/mol. The number of carbonyl (C=O) groups is 1. The van der Waals surface area contributed by atoms with Gasteiger partial charge in [-0.25, -0.2) is 4.68 Å². The number of carbonyl (C=O) groups excluding carboxylic acids is 1. The molecular weight excluding hydrogens is 376 g/mol. The average molecular weight is 395 g/mol. The Kier molecular flexibility index (Phi) is 4.29. The Labute approximate surface area is 158 Å². The van der Waals surface area contributed by atoms with E-state index in [1.807, 2.05) is 24.3 Å². The molecule has 0 spiro atoms. The highest BCUT2D eigenvalue weighted by molar-refractivity contribution is 7.22. The van der Waals surface area contributed by atoms with Gasteiger partial charge in [-0.05, 0) is 25.0 Å². The zero-order chi connectivity index (χ0) is 18.6. The summed E-state index contributed by atoms with van der Waals surface area (Å²) in [6.07, 6.45) is 0.769. The average Bonchev–Trinajstić information content (AvgIpc) is 3.04. The molecule has 1 fully saturated rings. The number of hydrogen-bond acceptors (Lipinski definition) is 5. The van der Waals surface area contributed by atoms with Gasteiger partial charge in [0, 0.05) is 12.0 Å². The molecular formula is C17H19ClN4O3S. The second kappa shape index (κ2) is 6.37. The number of nitrogens with one attached hydrogen (secondary N) is 1. The number of rotatable bonds is 4. The van der Waals surface area contributed by atoms with Crippen LogP contribution in [0.15, 0.2) is 16.9 Å². The maximum atomic E-state index is 12.8. The van der Waals surface area contributed by atoms with E-state index in [1.54, 1.807) is 6.07 Å². The lowest BCUT2D eigenvalue weighted by atomic mass is 9.89. The van der Waals surface area contributed by atoms with Crippen molar-refractivity contribution in [3.8, 4) is 0 Å². The summed E-state index contributed by atoms with van der Waals surface area (Å²) in [6, 6.07) is 3.61. The Morgan fingerprint density at radius 2 is 2.15 bits per heavy atom. The monoisotopic (exact) mass is 394 g/mol. The molecule has 26 heavy (non-hydrogen) atoms. The van der Waals surface area contributed by atoms with Gasteiger partial charge in [0.1, 0.15) is 17.9 Å². The number of aromatic nitrogens is 3. The van der Waals surface area contributed by atoms with Gasteiger partial charge in [-0.2, -0.15) is 5.10 Å². The van der Waals surface area contributed by atoms with Gasteiger partial charge < -0.3 is 10.4 Å². The van der Waals surface area contributed by atoms with E-state index in [1.165, 1.54) is 16.0 Å². The predicted octanol–water partition coefficient (Wildman–Crippen LogP) is 2.13. The lowest BCUT2D eigenvalue weighted by Crippen LogP contribution is -2.48. The van der Waals surface area contributed by atoms with Crippen molar-refractivity contribution in [2.24, 2.45) is 0 Å². The van der Waals surface area contributed by atoms with Gasteiger partial charge in [-0.3, -0.25) is 14.0 Å². The molecule has 0 unspecified atom stereocenters. The minimum Gasteiger partial charge on any atom is -0.393 e. The highest BCUT2D eigenvalue weighted by Gasteiger charge is 2.28. The highest BCUT2D eigenvalue weighted by Crippen LogP contribution is 2.32. The fraction of sp³-hybridized carbons (Fsp3) is 0.471. The fourth-order valence-electron chi connectivity index (χ4n) is 3.31. The maximum absolute atomic E-state index is 12.8. The maximum Gasteiger partial charge on any atom is 0.291 e. The fourth-order valence-corrected chi connectivity index (χ4v) is 4.47. The first-order chi connectivity index (χ1) is 12.3. The molecule has 0 bridgehead atoms. The van der Waals surface area contributed by atoms with Crippen LogP contribution >= 0.6 is 22.9 Å². The number of amides is 1. The molecule has 0 aliphatic heterocycles. The molecule has 4 rings (SSSR count). The third kappa shape index (κ3) is 2.91. The van der Waals surface area contributed by atoms with E-state index in [-0.39, 0.29) is 36.1 Å². The van der Waals surface area contributed by atoms with Gasteiger partial charge in [-0.15, -0.1) is 11.3 Å². The smallest absolute Gasteiger partial charge is 0.291 e. The standard InChI is InChI=1S/C17H19ClN4O3S/c1-8(2)16-20-21(7-15(24)19-9-3-10(23)4-9)17(25)12-5-13-11(22(12)16)6-14(18)26-13/h5-6,8-10,23H,3-4,7H2,1-2H3,(H,19,24)/t9-,10+. The second-order valence-electron chi connectivity index (χ2n) is 7.03. The number of aliphatic hydroxyl groups excluding tert-OH is 1. The number of nitrogens with zero attached hydrogens (tertiary/aromatic N) is 3. The van der Waals surface area contributed by atoms with Crippen LogP contribution in [-0.4, -0.2) is 37.3 Å². The zero-order valence-electron chi connectivity index (χ0n) is 14.4. The number of halogens is 1. The van der Waals surface area contributed by atoms with Crippen LogP contribution in [0, 0.1) is 0 Å². The zero-order valence-corrected chi connectivity index (χ0v) is 16.0. The van der Waals surface area contributed by atoms with Crippen LogP contribution in [-0.2, 0) is 11.3 Å². The van der Waals surface area contributed by atoms with Gasteiger partial charge in [0.2, 0.25) is 5.91 Å². The van der Waals surface area contributed by atoms with Crippen LogP contribution in [0.4, 0.5) is 0 Å². The summed E-state index contributed by atoms with van der Waals surface area (Å²) in [5.74, 6) is 0.492. The number of hydrogen-bond donors (Lipinski definition) is 2. The van der Waals surface area contributed by atoms with Gasteiger partial charge >= 0.3 is 0 Å². The summed E-state index contributed by atoms with van der Waals surface area (Å²) in [5, 5.41) is 16.6. The summed E-state index contributed by atoms with van der Waals surface area (Å²) in [6.45, 7) is 3.85. The first-order valence-corrected chi connectivity index (χ1v) is 9.72. The third-order valence-electron chi connectivity index (χ3n) is 4.65. The lowest BCUT2D eigenvalue weighted by molar-refractivity contribution is -0.124. The molecule has 1 saturated carbocycles. The molecule has 3 aromatic heterocycles. The van der Waals surface area contributed by atoms with E-state index in [0.29, 0.717) is 28.5 Å². The molecule has 7 nitrogen and oxygen atoms in total. The quantitative estimate of drug-likeness (QED) is 0.709. The van der Waals surface area contributed by atoms with Crippen LogP contribution in [0.3, 0.4) is 0 Å². The summed E-state index contributed by atoms with van der Waals surface area (Å²) in [5.41, 5.74) is 1.05. The van der Waals surface area contributed by atoms with E-state index in [9.17, 15) is 14.7 Å². The van der Waals surface area contributed by atoms with E-state index in [0.717, 1.165) is 10.2 Å². The van der Waals surface area contributed by atoms with Crippen molar-refractivity contribution in [2.75, 3.05) is 0 Å². The highest BCUT2D eigenvalue weighted by atomic mass is 35.5. The number of fused-ring (bicyclic) bond motifs is 3. The summed E-state index contributed by atoms with van der Waals surface area (Å²) in [4.78, 5) is 25.1. The SMILES string of the molecule is CC(C)c1nn(CC(=O)N[C@H]2C[C@@H](O)C2)c(=O)c2cc3sc(Cl)cc3n12. The molecule has 1 aliphatic rings. The van der Waals surface area contributed by atoms with Crippen molar-refractivity contribution in [2.45, 2.75) is 51.3 Å². The van der Waals surface area contributed by atoms with Crippen molar-refractivity contribution in [1.29, 1.82) is 0 Å². The molecule has 1 amide bonds. The molecule has 0 aromatic carbocycles. The van der Waals surface area contributed by atoms with E-state index < -0.39 is 0 Å². The molecule has 1 aliphatic carbocycles. The summed E-state index contributed by atoms with van der Waals surface area (Å²) >= 11 is 7.52. The van der Waals surface area contributed by atoms with Crippen molar-refractivity contribution >= 4 is 44.6 Å². The number of thiophene rings is 1. The van der Waals surface area contributed by atoms with Crippen LogP contribution in [0.25, 0.3) is 15.7 Å². The molecule has 138 valence electrons. The number of aliphatic hydroxyl groups is 1. The molecule has 2 N–H and O–H groups in total. The Hall–Kier alpha value is -1.90. The van der Waals surface area contributed by atoms with E-state index in [4.69, 9.17) is 11.6 Å². The van der Waals surface area contributed by atoms with Crippen molar-refractivity contribution in [3.05, 3.63) is 32.6 Å². The van der Waals surface area contributed by atoms with Crippen molar-refractivity contribution < 1.29 is 9.90 Å². The molecule has 0 atom stereocenters. The van der Waals surface area contributed by atoms with Crippen LogP contribution < -0.4 is 10.9 Å². The normalized spacial score (nSPS) is 20.0. The van der Waals surface area contributed by atoms with Crippen LogP contribution in [0.1, 0.15) is 38.4 Å². The summed E-state index contributed by atoms with van der Waals surface area (Å²) in [7, 11) is 0. The molecule has 0 saturated heterocycles. The summed E-state index contributed by atoms with van der Waals surface area (Å²) < 4.78 is 4.63. The molecule has 3 aromatic rings. The van der Waals surface area contributed by atoms with Crippen molar-refractivity contribution in [3.63, 3.8) is 0 Å². The van der Waals surface area contributed by atoms with Gasteiger partial charge in [0.05, 0.1) is 20.7 Å². The lowest BCUT2D eigenvalue weighted by Gasteiger charge is -2.31. The third-order valence-corrected chi connectivity index (χ3v) is 5.85. The first-order valence-electron chi connectivity index (χ1n) is 8.52. The van der Waals surface area contributed by atoms with Gasteiger partial charge in [0.25, 0.3) is 5.56 Å². The van der Waals surface area contributed by atoms with E-state index >= 15 is 0 Å². The molecule has 9 heteroatoms. The van der Waals surface area contributed by atoms with Crippen LogP contribution in [0.5, 0.6) is 0 Å². The van der Waals surface area contributed by atoms with Crippen LogP contribution in [0.2, 0.25) is 4.34 Å². The van der Waals surface area contributed by atoms with Crippen molar-refractivity contribution in [1.82, 2.24) is 19.5 Å². The largest absolute Gasteiger partial charge is 0.393 e. The Balaban J connectivity index is 1.74. The molecule has 3 heterocycles.